The molecule has 5 rings (SSSR count). The summed E-state index contributed by atoms with van der Waals surface area (Å²) in [5.74, 6) is -2.58. The molecule has 0 radical (unpaired) electrons. The zero-order chi connectivity index (χ0) is 25.4. The Morgan fingerprint density at radius 1 is 1.08 bits per heavy atom. The summed E-state index contributed by atoms with van der Waals surface area (Å²) in [4.78, 5) is 28.7. The number of halogens is 2. The van der Waals surface area contributed by atoms with E-state index in [2.05, 4.69) is 17.3 Å². The minimum absolute atomic E-state index is 0.00440. The molecule has 1 saturated carbocycles. The van der Waals surface area contributed by atoms with Gasteiger partial charge in [-0.1, -0.05) is 50.5 Å². The minimum Gasteiger partial charge on any atom is -0.351 e. The number of rotatable bonds is 5. The van der Waals surface area contributed by atoms with Gasteiger partial charge in [-0.15, -0.1) is 0 Å². The zero-order valence-electron chi connectivity index (χ0n) is 20.6. The molecule has 188 valence electrons. The van der Waals surface area contributed by atoms with Gasteiger partial charge in [0.25, 0.3) is 5.91 Å². The molecular formula is C28H30F2N4O2. The number of nitrogens with one attached hydrogen (secondary N) is 1. The largest absolute Gasteiger partial charge is 0.351 e. The summed E-state index contributed by atoms with van der Waals surface area (Å²) in [6.45, 7) is 3.73. The van der Waals surface area contributed by atoms with E-state index in [9.17, 15) is 14.0 Å². The summed E-state index contributed by atoms with van der Waals surface area (Å²) in [5.41, 5.74) is 1.27. The Morgan fingerprint density at radius 3 is 2.47 bits per heavy atom. The molecule has 2 aliphatic rings. The summed E-state index contributed by atoms with van der Waals surface area (Å²) in [7, 11) is 0. The number of nitrogens with zero attached hydrogens (tertiary/aromatic N) is 3. The predicted molar refractivity (Wildman–Crippen MR) is 134 cm³/mol. The number of amides is 2. The highest BCUT2D eigenvalue weighted by Gasteiger charge is 2.50. The van der Waals surface area contributed by atoms with Gasteiger partial charge in [-0.05, 0) is 49.9 Å². The standard InChI is InChI=1S/C28H30F2N4O2/c1-3-18-9-11-19(12-10-18)23-16-25-26(35)34(24-14-13-20(29)15-22(24)30)28(2,17-33(25)32-23)27(36)31-21-7-5-4-6-8-21/h9-16,21H,3-8,17H2,1-2H3,(H,31,36). The molecule has 1 atom stereocenters. The van der Waals surface area contributed by atoms with Gasteiger partial charge in [-0.2, -0.15) is 5.10 Å². The van der Waals surface area contributed by atoms with Crippen molar-refractivity contribution < 1.29 is 18.4 Å². The molecule has 2 aromatic carbocycles. The van der Waals surface area contributed by atoms with E-state index in [1.807, 2.05) is 24.3 Å². The third-order valence-electron chi connectivity index (χ3n) is 7.39. The lowest BCUT2D eigenvalue weighted by molar-refractivity contribution is -0.127. The van der Waals surface area contributed by atoms with Crippen LogP contribution in [0.4, 0.5) is 14.5 Å². The van der Waals surface area contributed by atoms with Gasteiger partial charge < -0.3 is 5.32 Å². The van der Waals surface area contributed by atoms with Gasteiger partial charge in [0.1, 0.15) is 22.9 Å². The summed E-state index contributed by atoms with van der Waals surface area (Å²) in [5, 5.41) is 7.74. The van der Waals surface area contributed by atoms with Crippen LogP contribution in [0.15, 0.2) is 48.5 Å². The molecule has 0 bridgehead atoms. The molecule has 36 heavy (non-hydrogen) atoms. The fourth-order valence-electron chi connectivity index (χ4n) is 5.26. The normalized spacial score (nSPS) is 20.3. The first-order chi connectivity index (χ1) is 17.3. The number of aromatic nitrogens is 2. The van der Waals surface area contributed by atoms with Crippen molar-refractivity contribution in [2.75, 3.05) is 4.90 Å². The van der Waals surface area contributed by atoms with E-state index in [4.69, 9.17) is 0 Å². The summed E-state index contributed by atoms with van der Waals surface area (Å²) in [6, 6.07) is 12.6. The van der Waals surface area contributed by atoms with Crippen LogP contribution in [-0.2, 0) is 17.8 Å². The molecule has 8 heteroatoms. The van der Waals surface area contributed by atoms with Gasteiger partial charge in [0, 0.05) is 17.7 Å². The van der Waals surface area contributed by atoms with Crippen LogP contribution < -0.4 is 10.2 Å². The molecule has 1 aromatic heterocycles. The third-order valence-corrected chi connectivity index (χ3v) is 7.39. The predicted octanol–water partition coefficient (Wildman–Crippen LogP) is 5.26. The lowest BCUT2D eigenvalue weighted by atomic mass is 9.91. The molecule has 1 fully saturated rings. The number of hydrogen-bond acceptors (Lipinski definition) is 3. The van der Waals surface area contributed by atoms with Crippen molar-refractivity contribution in [3.8, 4) is 11.3 Å². The van der Waals surface area contributed by atoms with E-state index >= 15 is 4.39 Å². The smallest absolute Gasteiger partial charge is 0.277 e. The Kier molecular flexibility index (Phi) is 6.36. The highest BCUT2D eigenvalue weighted by atomic mass is 19.1. The Bertz CT molecular complexity index is 1300. The van der Waals surface area contributed by atoms with E-state index in [0.717, 1.165) is 56.2 Å². The Morgan fingerprint density at radius 2 is 1.81 bits per heavy atom. The fourth-order valence-corrected chi connectivity index (χ4v) is 5.26. The maximum Gasteiger partial charge on any atom is 0.277 e. The summed E-state index contributed by atoms with van der Waals surface area (Å²) < 4.78 is 30.3. The molecular weight excluding hydrogens is 462 g/mol. The van der Waals surface area contributed by atoms with E-state index in [1.54, 1.807) is 13.0 Å². The molecule has 1 aliphatic heterocycles. The van der Waals surface area contributed by atoms with Crippen LogP contribution in [-0.4, -0.2) is 33.2 Å². The lowest BCUT2D eigenvalue weighted by Crippen LogP contribution is -2.65. The number of benzene rings is 2. The van der Waals surface area contributed by atoms with Crippen LogP contribution in [0.2, 0.25) is 0 Å². The van der Waals surface area contributed by atoms with Crippen LogP contribution in [0.1, 0.15) is 62.0 Å². The molecule has 0 spiro atoms. The van der Waals surface area contributed by atoms with E-state index < -0.39 is 23.1 Å². The topological polar surface area (TPSA) is 67.2 Å². The lowest BCUT2D eigenvalue weighted by Gasteiger charge is -2.44. The van der Waals surface area contributed by atoms with Crippen LogP contribution in [0.5, 0.6) is 0 Å². The first-order valence-electron chi connectivity index (χ1n) is 12.6. The molecule has 6 nitrogen and oxygen atoms in total. The summed E-state index contributed by atoms with van der Waals surface area (Å²) in [6.07, 6.45) is 5.83. The molecule has 1 aliphatic carbocycles. The Balaban J connectivity index is 1.56. The van der Waals surface area contributed by atoms with Gasteiger partial charge in [0.2, 0.25) is 5.91 Å². The van der Waals surface area contributed by atoms with Crippen molar-refractivity contribution in [2.45, 2.75) is 70.5 Å². The Hall–Kier alpha value is -3.55. The first kappa shape index (κ1) is 24.2. The number of anilines is 1. The second kappa shape index (κ2) is 9.48. The van der Waals surface area contributed by atoms with Gasteiger partial charge in [0.15, 0.2) is 0 Å². The average Bonchev–Trinajstić information content (AvgIpc) is 3.30. The minimum atomic E-state index is -1.46. The van der Waals surface area contributed by atoms with Crippen LogP contribution in [0.3, 0.4) is 0 Å². The van der Waals surface area contributed by atoms with Crippen LogP contribution in [0.25, 0.3) is 11.3 Å². The van der Waals surface area contributed by atoms with E-state index in [-0.39, 0.29) is 29.9 Å². The number of fused-ring (bicyclic) bond motifs is 1. The van der Waals surface area contributed by atoms with Crippen molar-refractivity contribution in [2.24, 2.45) is 0 Å². The van der Waals surface area contributed by atoms with Gasteiger partial charge in [-0.3, -0.25) is 19.2 Å². The molecule has 1 unspecified atom stereocenters. The third kappa shape index (κ3) is 4.29. The molecule has 3 aromatic rings. The number of hydrogen-bond donors (Lipinski definition) is 1. The van der Waals surface area contributed by atoms with E-state index in [1.165, 1.54) is 21.2 Å². The van der Waals surface area contributed by atoms with E-state index in [0.29, 0.717) is 5.69 Å². The average molecular weight is 493 g/mol. The highest BCUT2D eigenvalue weighted by molar-refractivity contribution is 6.12. The second-order valence-electron chi connectivity index (χ2n) is 9.94. The molecule has 0 saturated heterocycles. The van der Waals surface area contributed by atoms with Crippen molar-refractivity contribution >= 4 is 17.5 Å². The quantitative estimate of drug-likeness (QED) is 0.529. The van der Waals surface area contributed by atoms with Crippen LogP contribution >= 0.6 is 0 Å². The van der Waals surface area contributed by atoms with Crippen molar-refractivity contribution in [3.05, 3.63) is 71.4 Å². The molecule has 1 N–H and O–H groups in total. The van der Waals surface area contributed by atoms with Gasteiger partial charge >= 0.3 is 0 Å². The Labute approximate surface area is 209 Å². The van der Waals surface area contributed by atoms with Crippen LogP contribution in [0, 0.1) is 11.6 Å². The maximum absolute atomic E-state index is 15.0. The summed E-state index contributed by atoms with van der Waals surface area (Å²) >= 11 is 0. The molecule has 2 heterocycles. The highest BCUT2D eigenvalue weighted by Crippen LogP contribution is 2.36. The van der Waals surface area contributed by atoms with Crippen molar-refractivity contribution in [1.82, 2.24) is 15.1 Å². The molecule has 2 amide bonds. The fraction of sp³-hybridized carbons (Fsp3) is 0.393. The SMILES string of the molecule is CCc1ccc(-c2cc3n(n2)CC(C)(C(=O)NC2CCCCC2)N(c2ccc(F)cc2F)C3=O)cc1. The first-order valence-corrected chi connectivity index (χ1v) is 12.6. The zero-order valence-corrected chi connectivity index (χ0v) is 20.6. The maximum atomic E-state index is 15.0. The second-order valence-corrected chi connectivity index (χ2v) is 9.94. The number of carbonyl (C=O) groups is 2. The monoisotopic (exact) mass is 492 g/mol. The van der Waals surface area contributed by atoms with Crippen molar-refractivity contribution in [3.63, 3.8) is 0 Å². The number of aryl methyl sites for hydroxylation is 1. The van der Waals surface area contributed by atoms with Gasteiger partial charge in [-0.25, -0.2) is 8.78 Å². The number of carbonyl (C=O) groups excluding carboxylic acids is 2. The van der Waals surface area contributed by atoms with Crippen molar-refractivity contribution in [1.29, 1.82) is 0 Å². The van der Waals surface area contributed by atoms with Gasteiger partial charge in [0.05, 0.1) is 17.9 Å².